The highest BCUT2D eigenvalue weighted by Crippen LogP contribution is 2.11. The number of amides is 1. The number of carbonyl (C=O) groups is 2. The molecule has 116 valence electrons. The predicted molar refractivity (Wildman–Crippen MR) is 80.0 cm³/mol. The van der Waals surface area contributed by atoms with Crippen LogP contribution in [0.5, 0.6) is 0 Å². The van der Waals surface area contributed by atoms with Gasteiger partial charge in [-0.3, -0.25) is 4.79 Å². The van der Waals surface area contributed by atoms with E-state index in [1.807, 2.05) is 6.07 Å². The third kappa shape index (κ3) is 5.26. The number of hydrogen-bond donors (Lipinski definition) is 2. The van der Waals surface area contributed by atoms with Crippen LogP contribution in [0.25, 0.3) is 0 Å². The molecule has 0 bridgehead atoms. The first-order valence-electron chi connectivity index (χ1n) is 6.44. The fraction of sp³-hybridized carbons (Fsp3) is 0.267. The second kappa shape index (κ2) is 9.15. The van der Waals surface area contributed by atoms with Gasteiger partial charge in [-0.05, 0) is 24.3 Å². The summed E-state index contributed by atoms with van der Waals surface area (Å²) in [4.78, 5) is 23.0. The first-order valence-corrected chi connectivity index (χ1v) is 6.44. The molecule has 1 rings (SSSR count). The standard InChI is InChI=1S/C15H17N3O4/c1-21-8-7-17-14(19)12(9-16)10-18-13-5-3-11(4-6-13)15(20)22-2/h3-6,10,18H,7-8H2,1-2H3,(H,17,19)/b12-10-. The third-order valence-electron chi connectivity index (χ3n) is 2.65. The molecule has 0 spiro atoms. The SMILES string of the molecule is COCCNC(=O)/C(C#N)=C\Nc1ccc(C(=O)OC)cc1. The maximum Gasteiger partial charge on any atom is 0.337 e. The second-order valence-corrected chi connectivity index (χ2v) is 4.13. The van der Waals surface area contributed by atoms with Crippen molar-refractivity contribution in [2.75, 3.05) is 32.7 Å². The van der Waals surface area contributed by atoms with Crippen molar-refractivity contribution in [3.05, 3.63) is 41.6 Å². The van der Waals surface area contributed by atoms with E-state index in [0.29, 0.717) is 24.4 Å². The molecule has 0 radical (unpaired) electrons. The summed E-state index contributed by atoms with van der Waals surface area (Å²) in [5.41, 5.74) is 0.980. The average molecular weight is 303 g/mol. The Labute approximate surface area is 128 Å². The van der Waals surface area contributed by atoms with Crippen molar-refractivity contribution < 1.29 is 19.1 Å². The monoisotopic (exact) mass is 303 g/mol. The van der Waals surface area contributed by atoms with Gasteiger partial charge >= 0.3 is 5.97 Å². The number of esters is 1. The number of carbonyl (C=O) groups excluding carboxylic acids is 2. The maximum absolute atomic E-state index is 11.7. The molecule has 0 unspecified atom stereocenters. The van der Waals surface area contributed by atoms with Crippen LogP contribution in [0.1, 0.15) is 10.4 Å². The Morgan fingerprint density at radius 3 is 2.50 bits per heavy atom. The summed E-state index contributed by atoms with van der Waals surface area (Å²) in [6, 6.07) is 8.24. The Morgan fingerprint density at radius 1 is 1.27 bits per heavy atom. The third-order valence-corrected chi connectivity index (χ3v) is 2.65. The van der Waals surface area contributed by atoms with E-state index < -0.39 is 11.9 Å². The number of benzene rings is 1. The summed E-state index contributed by atoms with van der Waals surface area (Å²) >= 11 is 0. The number of nitrogens with one attached hydrogen (secondary N) is 2. The molecule has 22 heavy (non-hydrogen) atoms. The number of anilines is 1. The van der Waals surface area contributed by atoms with E-state index in [9.17, 15) is 9.59 Å². The first-order chi connectivity index (χ1) is 10.6. The van der Waals surface area contributed by atoms with Crippen LogP contribution in [-0.2, 0) is 14.3 Å². The van der Waals surface area contributed by atoms with Gasteiger partial charge in [0, 0.05) is 25.5 Å². The molecule has 1 amide bonds. The van der Waals surface area contributed by atoms with Gasteiger partial charge in [0.1, 0.15) is 11.6 Å². The molecular formula is C15H17N3O4. The van der Waals surface area contributed by atoms with Crippen LogP contribution in [0.15, 0.2) is 36.0 Å². The largest absolute Gasteiger partial charge is 0.465 e. The molecule has 0 aliphatic carbocycles. The molecule has 0 aromatic heterocycles. The van der Waals surface area contributed by atoms with Crippen molar-refractivity contribution in [2.45, 2.75) is 0 Å². The van der Waals surface area contributed by atoms with Crippen LogP contribution >= 0.6 is 0 Å². The van der Waals surface area contributed by atoms with Crippen molar-refractivity contribution in [3.8, 4) is 6.07 Å². The van der Waals surface area contributed by atoms with Crippen molar-refractivity contribution in [2.24, 2.45) is 0 Å². The normalized spacial score (nSPS) is 10.5. The fourth-order valence-corrected chi connectivity index (χ4v) is 1.49. The van der Waals surface area contributed by atoms with Crippen LogP contribution in [-0.4, -0.2) is 39.2 Å². The number of ether oxygens (including phenoxy) is 2. The average Bonchev–Trinajstić information content (AvgIpc) is 2.55. The van der Waals surface area contributed by atoms with Gasteiger partial charge in [0.25, 0.3) is 5.91 Å². The Hall–Kier alpha value is -2.85. The van der Waals surface area contributed by atoms with Gasteiger partial charge in [0.15, 0.2) is 0 Å². The van der Waals surface area contributed by atoms with E-state index in [1.165, 1.54) is 20.4 Å². The van der Waals surface area contributed by atoms with E-state index in [-0.39, 0.29) is 5.57 Å². The van der Waals surface area contributed by atoms with Gasteiger partial charge < -0.3 is 20.1 Å². The van der Waals surface area contributed by atoms with Crippen LogP contribution < -0.4 is 10.6 Å². The predicted octanol–water partition coefficient (Wildman–Crippen LogP) is 1.06. The maximum atomic E-state index is 11.7. The van der Waals surface area contributed by atoms with E-state index in [2.05, 4.69) is 15.4 Å². The number of nitrogens with zero attached hydrogens (tertiary/aromatic N) is 1. The lowest BCUT2D eigenvalue weighted by Crippen LogP contribution is -2.28. The molecule has 0 saturated heterocycles. The minimum Gasteiger partial charge on any atom is -0.465 e. The summed E-state index contributed by atoms with van der Waals surface area (Å²) in [5.74, 6) is -0.921. The minimum atomic E-state index is -0.488. The van der Waals surface area contributed by atoms with Gasteiger partial charge in [-0.1, -0.05) is 0 Å². The summed E-state index contributed by atoms with van der Waals surface area (Å²) in [7, 11) is 2.82. The minimum absolute atomic E-state index is 0.0619. The smallest absolute Gasteiger partial charge is 0.337 e. The molecule has 0 fully saturated rings. The summed E-state index contributed by atoms with van der Waals surface area (Å²) < 4.78 is 9.40. The highest BCUT2D eigenvalue weighted by Gasteiger charge is 2.08. The molecule has 0 saturated carbocycles. The van der Waals surface area contributed by atoms with E-state index in [4.69, 9.17) is 10.00 Å². The highest BCUT2D eigenvalue weighted by atomic mass is 16.5. The van der Waals surface area contributed by atoms with Crippen LogP contribution in [0, 0.1) is 11.3 Å². The lowest BCUT2D eigenvalue weighted by molar-refractivity contribution is -0.117. The molecule has 1 aromatic rings. The van der Waals surface area contributed by atoms with Crippen molar-refractivity contribution in [3.63, 3.8) is 0 Å². The van der Waals surface area contributed by atoms with Gasteiger partial charge in [0.2, 0.25) is 0 Å². The van der Waals surface area contributed by atoms with Gasteiger partial charge in [-0.2, -0.15) is 5.26 Å². The zero-order valence-electron chi connectivity index (χ0n) is 12.4. The quantitative estimate of drug-likeness (QED) is 0.338. The van der Waals surface area contributed by atoms with Gasteiger partial charge in [-0.15, -0.1) is 0 Å². The summed E-state index contributed by atoms with van der Waals surface area (Å²) in [6.45, 7) is 0.690. The van der Waals surface area contributed by atoms with E-state index in [0.717, 1.165) is 0 Å². The molecule has 0 heterocycles. The van der Waals surface area contributed by atoms with Crippen molar-refractivity contribution in [1.29, 1.82) is 5.26 Å². The van der Waals surface area contributed by atoms with Gasteiger partial charge in [-0.25, -0.2) is 4.79 Å². The topological polar surface area (TPSA) is 100 Å². The molecule has 0 atom stereocenters. The molecule has 7 nitrogen and oxygen atoms in total. The molecular weight excluding hydrogens is 286 g/mol. The van der Waals surface area contributed by atoms with Crippen LogP contribution in [0.2, 0.25) is 0 Å². The van der Waals surface area contributed by atoms with Gasteiger partial charge in [0.05, 0.1) is 19.3 Å². The molecule has 0 aliphatic rings. The summed E-state index contributed by atoms with van der Waals surface area (Å²) in [5, 5.41) is 14.3. The highest BCUT2D eigenvalue weighted by molar-refractivity contribution is 5.97. The Bertz CT molecular complexity index is 588. The second-order valence-electron chi connectivity index (χ2n) is 4.13. The Morgan fingerprint density at radius 2 is 1.95 bits per heavy atom. The van der Waals surface area contributed by atoms with E-state index in [1.54, 1.807) is 24.3 Å². The van der Waals surface area contributed by atoms with Crippen LogP contribution in [0.3, 0.4) is 0 Å². The number of rotatable bonds is 7. The molecule has 7 heteroatoms. The lowest BCUT2D eigenvalue weighted by atomic mass is 10.2. The molecule has 2 N–H and O–H groups in total. The fourth-order valence-electron chi connectivity index (χ4n) is 1.49. The zero-order chi connectivity index (χ0) is 16.4. The molecule has 0 aliphatic heterocycles. The number of hydrogen-bond acceptors (Lipinski definition) is 6. The van der Waals surface area contributed by atoms with Crippen molar-refractivity contribution >= 4 is 17.6 Å². The Kier molecular flexibility index (Phi) is 7.16. The Balaban J connectivity index is 2.66. The first kappa shape index (κ1) is 17.2. The lowest BCUT2D eigenvalue weighted by Gasteiger charge is -2.05. The summed E-state index contributed by atoms with van der Waals surface area (Å²) in [6.07, 6.45) is 1.30. The number of nitriles is 1. The van der Waals surface area contributed by atoms with Crippen molar-refractivity contribution in [1.82, 2.24) is 5.32 Å². The molecule has 1 aromatic carbocycles. The zero-order valence-corrected chi connectivity index (χ0v) is 12.4. The van der Waals surface area contributed by atoms with E-state index >= 15 is 0 Å². The van der Waals surface area contributed by atoms with Crippen LogP contribution in [0.4, 0.5) is 5.69 Å². The number of methoxy groups -OCH3 is 2.